The molecule has 0 radical (unpaired) electrons. The van der Waals surface area contributed by atoms with Crippen molar-refractivity contribution in [2.45, 2.75) is 13.3 Å². The fraction of sp³-hybridized carbons (Fsp3) is 0.256. The van der Waals surface area contributed by atoms with Gasteiger partial charge < -0.3 is 33.5 Å². The third kappa shape index (κ3) is 9.96. The lowest BCUT2D eigenvalue weighted by Gasteiger charge is -2.11. The quantitative estimate of drug-likeness (QED) is 0.0352. The third-order valence-corrected chi connectivity index (χ3v) is 7.46. The fourth-order valence-corrected chi connectivity index (χ4v) is 5.06. The van der Waals surface area contributed by atoms with E-state index in [2.05, 4.69) is 85.4 Å². The van der Waals surface area contributed by atoms with E-state index in [9.17, 15) is 4.79 Å². The first-order chi connectivity index (χ1) is 23.0. The van der Waals surface area contributed by atoms with Crippen LogP contribution in [-0.4, -0.2) is 64.5 Å². The van der Waals surface area contributed by atoms with Gasteiger partial charge >= 0.3 is 5.97 Å². The van der Waals surface area contributed by atoms with E-state index in [1.54, 1.807) is 6.92 Å². The first kappa shape index (κ1) is 33.8. The van der Waals surface area contributed by atoms with Crippen LogP contribution in [0, 0.1) is 0 Å². The van der Waals surface area contributed by atoms with Gasteiger partial charge in [-0.3, -0.25) is 0 Å². The first-order valence-electron chi connectivity index (χ1n) is 15.5. The Hall–Kier alpha value is -4.57. The Morgan fingerprint density at radius 1 is 0.617 bits per heavy atom. The number of ether oxygens (including phenoxy) is 6. The Kier molecular flexibility index (Phi) is 12.5. The monoisotopic (exact) mass is 636 g/mol. The maximum absolute atomic E-state index is 11.3. The largest absolute Gasteiger partial charge is 0.467 e. The predicted octanol–water partition coefficient (Wildman–Crippen LogP) is 7.30. The van der Waals surface area contributed by atoms with Gasteiger partial charge in [0.25, 0.3) is 0 Å². The molecule has 0 amide bonds. The molecule has 0 aromatic heterocycles. The van der Waals surface area contributed by atoms with Gasteiger partial charge in [-0.25, -0.2) is 4.79 Å². The van der Waals surface area contributed by atoms with E-state index >= 15 is 0 Å². The molecule has 0 spiro atoms. The number of aliphatic hydroxyl groups excluding tert-OH is 1. The highest BCUT2D eigenvalue weighted by Gasteiger charge is 2.07. The Balaban J connectivity index is 1.19. The Morgan fingerprint density at radius 3 is 1.91 bits per heavy atom. The zero-order valence-corrected chi connectivity index (χ0v) is 26.6. The average Bonchev–Trinajstić information content (AvgIpc) is 3.09. The zero-order chi connectivity index (χ0) is 32.8. The molecule has 0 aliphatic rings. The van der Waals surface area contributed by atoms with Gasteiger partial charge in [0.05, 0.1) is 33.0 Å². The van der Waals surface area contributed by atoms with Crippen LogP contribution < -0.4 is 4.74 Å². The second kappa shape index (κ2) is 17.4. The number of esters is 1. The van der Waals surface area contributed by atoms with Gasteiger partial charge in [-0.1, -0.05) is 67.2 Å². The van der Waals surface area contributed by atoms with Gasteiger partial charge in [-0.05, 0) is 99.1 Å². The normalized spacial score (nSPS) is 11.2. The van der Waals surface area contributed by atoms with E-state index in [0.29, 0.717) is 37.8 Å². The smallest absolute Gasteiger partial charge is 0.335 e. The van der Waals surface area contributed by atoms with Crippen molar-refractivity contribution in [3.05, 3.63) is 115 Å². The maximum Gasteiger partial charge on any atom is 0.335 e. The highest BCUT2D eigenvalue weighted by atomic mass is 16.8. The average molecular weight is 637 g/mol. The lowest BCUT2D eigenvalue weighted by Crippen LogP contribution is -2.12. The van der Waals surface area contributed by atoms with E-state index in [0.717, 1.165) is 22.9 Å². The number of hydrogen-bond donors (Lipinski definition) is 1. The van der Waals surface area contributed by atoms with Gasteiger partial charge in [0.1, 0.15) is 5.75 Å². The first-order valence-corrected chi connectivity index (χ1v) is 15.5. The highest BCUT2D eigenvalue weighted by Crippen LogP contribution is 2.32. The molecule has 5 aromatic rings. The van der Waals surface area contributed by atoms with Gasteiger partial charge in [-0.15, -0.1) is 0 Å². The summed E-state index contributed by atoms with van der Waals surface area (Å²) in [6.45, 7) is 6.79. The maximum atomic E-state index is 11.3. The summed E-state index contributed by atoms with van der Waals surface area (Å²) in [6, 6.07) is 34.0. The number of aliphatic hydroxyl groups is 1. The van der Waals surface area contributed by atoms with Crippen molar-refractivity contribution in [2.24, 2.45) is 0 Å². The lowest BCUT2D eigenvalue weighted by atomic mass is 9.95. The van der Waals surface area contributed by atoms with Crippen molar-refractivity contribution in [2.75, 3.05) is 53.4 Å². The molecule has 5 rings (SSSR count). The highest BCUT2D eigenvalue weighted by molar-refractivity contribution is 6.01. The molecule has 8 nitrogen and oxygen atoms in total. The van der Waals surface area contributed by atoms with Gasteiger partial charge in [-0.2, -0.15) is 0 Å². The minimum Gasteiger partial charge on any atom is -0.467 e. The molecule has 0 saturated heterocycles. The van der Waals surface area contributed by atoms with Crippen LogP contribution in [0.5, 0.6) is 5.75 Å². The molecule has 244 valence electrons. The second-order valence-electron chi connectivity index (χ2n) is 11.0. The molecule has 5 aromatic carbocycles. The fourth-order valence-electron chi connectivity index (χ4n) is 5.06. The molecule has 1 N–H and O–H groups in total. The zero-order valence-electron chi connectivity index (χ0n) is 26.6. The summed E-state index contributed by atoms with van der Waals surface area (Å²) in [5.41, 5.74) is 5.99. The van der Waals surface area contributed by atoms with Crippen LogP contribution in [0.1, 0.15) is 12.5 Å². The van der Waals surface area contributed by atoms with E-state index in [1.807, 2.05) is 18.2 Å². The predicted molar refractivity (Wildman–Crippen MR) is 183 cm³/mol. The van der Waals surface area contributed by atoms with Crippen molar-refractivity contribution < 1.29 is 38.3 Å². The van der Waals surface area contributed by atoms with Crippen LogP contribution >= 0.6 is 0 Å². The Labute approximate surface area is 275 Å². The molecule has 0 fully saturated rings. The summed E-state index contributed by atoms with van der Waals surface area (Å²) in [5, 5.41) is 13.5. The molecule has 0 saturated carbocycles. The molecule has 0 unspecified atom stereocenters. The van der Waals surface area contributed by atoms with Crippen molar-refractivity contribution in [3.8, 4) is 28.0 Å². The summed E-state index contributed by atoms with van der Waals surface area (Å²) < 4.78 is 31.9. The molecule has 0 heterocycles. The van der Waals surface area contributed by atoms with Crippen LogP contribution in [0.25, 0.3) is 43.8 Å². The van der Waals surface area contributed by atoms with Crippen LogP contribution in [0.15, 0.2) is 109 Å². The number of hydrogen-bond acceptors (Lipinski definition) is 8. The SMILES string of the molecule is C=C(C)C(=O)OCOCOCOc1cccc(-c2ccc3cc4cc(-c5cccc(CCOCCOCCO)c5)ccc4cc3c2)c1. The molecule has 8 heteroatoms. The van der Waals surface area contributed by atoms with Gasteiger partial charge in [0.2, 0.25) is 0 Å². The summed E-state index contributed by atoms with van der Waals surface area (Å²) >= 11 is 0. The lowest BCUT2D eigenvalue weighted by molar-refractivity contribution is -0.170. The van der Waals surface area contributed by atoms with E-state index in [4.69, 9.17) is 33.5 Å². The number of carbonyl (C=O) groups excluding carboxylic acids is 1. The standard InChI is InChI=1S/C39H40O8/c1-28(2)39(41)47-27-45-25-44-26-46-38-8-4-7-31(24-38)33-10-12-35-22-36-20-32(9-11-34(36)23-37(35)21-33)30-6-3-5-29(19-30)13-15-42-17-18-43-16-14-40/h3-12,19-24,40H,1,13-18,25-27H2,2H3. The molecular weight excluding hydrogens is 596 g/mol. The van der Waals surface area contributed by atoms with Crippen LogP contribution in [-0.2, 0) is 34.9 Å². The van der Waals surface area contributed by atoms with Gasteiger partial charge in [0.15, 0.2) is 20.4 Å². The molecule has 47 heavy (non-hydrogen) atoms. The summed E-state index contributed by atoms with van der Waals surface area (Å²) in [7, 11) is 0. The number of fused-ring (bicyclic) bond motifs is 2. The van der Waals surface area contributed by atoms with Crippen molar-refractivity contribution in [3.63, 3.8) is 0 Å². The summed E-state index contributed by atoms with van der Waals surface area (Å²) in [6.07, 6.45) is 0.822. The molecule has 0 bridgehead atoms. The Morgan fingerprint density at radius 2 is 1.23 bits per heavy atom. The molecule has 0 aliphatic carbocycles. The minimum absolute atomic E-state index is 0.00906. The second-order valence-corrected chi connectivity index (χ2v) is 11.0. The minimum atomic E-state index is -0.510. The number of rotatable bonds is 18. The topological polar surface area (TPSA) is 92.7 Å². The third-order valence-electron chi connectivity index (χ3n) is 7.46. The van der Waals surface area contributed by atoms with Crippen molar-refractivity contribution in [1.82, 2.24) is 0 Å². The van der Waals surface area contributed by atoms with Gasteiger partial charge in [0, 0.05) is 5.57 Å². The number of carbonyl (C=O) groups is 1. The van der Waals surface area contributed by atoms with Crippen molar-refractivity contribution >= 4 is 27.5 Å². The van der Waals surface area contributed by atoms with Crippen LogP contribution in [0.4, 0.5) is 0 Å². The van der Waals surface area contributed by atoms with E-state index in [-0.39, 0.29) is 27.0 Å². The Bertz CT molecular complexity index is 1800. The molecular formula is C39H40O8. The summed E-state index contributed by atoms with van der Waals surface area (Å²) in [4.78, 5) is 11.3. The van der Waals surface area contributed by atoms with Crippen LogP contribution in [0.3, 0.4) is 0 Å². The molecule has 0 aliphatic heterocycles. The summed E-state index contributed by atoms with van der Waals surface area (Å²) in [5.74, 6) is 0.159. The van der Waals surface area contributed by atoms with E-state index < -0.39 is 5.97 Å². The molecule has 0 atom stereocenters. The van der Waals surface area contributed by atoms with Crippen LogP contribution in [0.2, 0.25) is 0 Å². The van der Waals surface area contributed by atoms with E-state index in [1.165, 1.54) is 32.8 Å². The number of benzene rings is 5. The van der Waals surface area contributed by atoms with Crippen molar-refractivity contribution in [1.29, 1.82) is 0 Å².